The lowest BCUT2D eigenvalue weighted by Gasteiger charge is -2.00. The highest BCUT2D eigenvalue weighted by molar-refractivity contribution is 5.81. The number of carbonyl (C=O) groups excluding carboxylic acids is 1. The Morgan fingerprint density at radius 1 is 1.26 bits per heavy atom. The van der Waals surface area contributed by atoms with E-state index in [9.17, 15) is 9.18 Å². The quantitative estimate of drug-likeness (QED) is 0.672. The lowest BCUT2D eigenvalue weighted by molar-refractivity contribution is -0.120. The first-order chi connectivity index (χ1) is 9.24. The molecule has 19 heavy (non-hydrogen) atoms. The largest absolute Gasteiger partial charge is 0.273 e. The van der Waals surface area contributed by atoms with Crippen molar-refractivity contribution in [3.63, 3.8) is 0 Å². The zero-order chi connectivity index (χ0) is 13.5. The zero-order valence-corrected chi connectivity index (χ0v) is 10.1. The first-order valence-corrected chi connectivity index (χ1v) is 5.71. The van der Waals surface area contributed by atoms with Crippen molar-refractivity contribution in [2.75, 3.05) is 0 Å². The fourth-order valence-corrected chi connectivity index (χ4v) is 1.45. The van der Waals surface area contributed by atoms with Crippen molar-refractivity contribution in [3.8, 4) is 0 Å². The molecule has 0 fully saturated rings. The Hall–Kier alpha value is -2.56. The monoisotopic (exact) mass is 257 g/mol. The molecule has 5 heteroatoms. The van der Waals surface area contributed by atoms with Gasteiger partial charge in [0, 0.05) is 6.20 Å². The second kappa shape index (κ2) is 6.39. The summed E-state index contributed by atoms with van der Waals surface area (Å²) in [6.45, 7) is 0. The number of hydrogen-bond acceptors (Lipinski definition) is 3. The molecule has 0 aliphatic carbocycles. The maximum atomic E-state index is 12.7. The summed E-state index contributed by atoms with van der Waals surface area (Å²) < 4.78 is 12.7. The molecule has 0 aliphatic rings. The van der Waals surface area contributed by atoms with Crippen LogP contribution in [-0.4, -0.2) is 17.1 Å². The van der Waals surface area contributed by atoms with E-state index in [-0.39, 0.29) is 18.1 Å². The Balaban J connectivity index is 1.85. The van der Waals surface area contributed by atoms with E-state index >= 15 is 0 Å². The summed E-state index contributed by atoms with van der Waals surface area (Å²) in [6.07, 6.45) is 3.25. The van der Waals surface area contributed by atoms with Gasteiger partial charge in [0.25, 0.3) is 0 Å². The average molecular weight is 257 g/mol. The number of pyridine rings is 1. The van der Waals surface area contributed by atoms with Gasteiger partial charge in [-0.2, -0.15) is 5.10 Å². The molecule has 0 radical (unpaired) electrons. The molecular formula is C14H12FN3O. The van der Waals surface area contributed by atoms with Gasteiger partial charge < -0.3 is 0 Å². The number of amides is 1. The topological polar surface area (TPSA) is 54.4 Å². The van der Waals surface area contributed by atoms with E-state index in [1.807, 2.05) is 6.07 Å². The maximum Gasteiger partial charge on any atom is 0.244 e. The molecule has 96 valence electrons. The molecule has 0 bridgehead atoms. The van der Waals surface area contributed by atoms with Gasteiger partial charge >= 0.3 is 0 Å². The number of nitrogens with zero attached hydrogens (tertiary/aromatic N) is 2. The molecule has 4 nitrogen and oxygen atoms in total. The van der Waals surface area contributed by atoms with Crippen LogP contribution in [0, 0.1) is 5.82 Å². The SMILES string of the molecule is O=C(Cc1ccc(F)cc1)N/N=C\c1ccccn1. The van der Waals surface area contributed by atoms with E-state index in [0.717, 1.165) is 5.56 Å². The normalized spacial score (nSPS) is 10.6. The minimum absolute atomic E-state index is 0.153. The van der Waals surface area contributed by atoms with Crippen molar-refractivity contribution in [1.29, 1.82) is 0 Å². The summed E-state index contributed by atoms with van der Waals surface area (Å²) in [5.41, 5.74) is 3.78. The molecule has 2 aromatic rings. The Labute approximate surface area is 110 Å². The van der Waals surface area contributed by atoms with E-state index < -0.39 is 0 Å². The highest BCUT2D eigenvalue weighted by atomic mass is 19.1. The Morgan fingerprint density at radius 2 is 2.05 bits per heavy atom. The third-order valence-electron chi connectivity index (χ3n) is 2.35. The molecule has 1 N–H and O–H groups in total. The fraction of sp³-hybridized carbons (Fsp3) is 0.0714. The molecule has 2 rings (SSSR count). The Bertz CT molecular complexity index is 567. The minimum atomic E-state index is -0.322. The van der Waals surface area contributed by atoms with Crippen LogP contribution in [0.1, 0.15) is 11.3 Å². The van der Waals surface area contributed by atoms with Crippen LogP contribution in [-0.2, 0) is 11.2 Å². The minimum Gasteiger partial charge on any atom is -0.273 e. The molecule has 0 saturated heterocycles. The average Bonchev–Trinajstić information content (AvgIpc) is 2.43. The number of hydrazone groups is 1. The number of hydrogen-bond donors (Lipinski definition) is 1. The van der Waals surface area contributed by atoms with Gasteiger partial charge in [0.1, 0.15) is 5.82 Å². The summed E-state index contributed by atoms with van der Waals surface area (Å²) in [4.78, 5) is 15.6. The molecule has 0 unspecified atom stereocenters. The third-order valence-corrected chi connectivity index (χ3v) is 2.35. The third kappa shape index (κ3) is 4.31. The Kier molecular flexibility index (Phi) is 4.34. The zero-order valence-electron chi connectivity index (χ0n) is 10.1. The van der Waals surface area contributed by atoms with Crippen molar-refractivity contribution >= 4 is 12.1 Å². The van der Waals surface area contributed by atoms with Crippen molar-refractivity contribution in [3.05, 3.63) is 65.7 Å². The molecule has 0 atom stereocenters. The van der Waals surface area contributed by atoms with Crippen molar-refractivity contribution < 1.29 is 9.18 Å². The second-order valence-electron chi connectivity index (χ2n) is 3.85. The molecule has 0 spiro atoms. The van der Waals surface area contributed by atoms with Crippen LogP contribution in [0.4, 0.5) is 4.39 Å². The highest BCUT2D eigenvalue weighted by Gasteiger charge is 2.01. The predicted molar refractivity (Wildman–Crippen MR) is 70.1 cm³/mol. The van der Waals surface area contributed by atoms with E-state index in [2.05, 4.69) is 15.5 Å². The number of halogens is 1. The van der Waals surface area contributed by atoms with Crippen molar-refractivity contribution in [2.24, 2.45) is 5.10 Å². The van der Waals surface area contributed by atoms with Crippen LogP contribution in [0.25, 0.3) is 0 Å². The van der Waals surface area contributed by atoms with Gasteiger partial charge in [-0.3, -0.25) is 9.78 Å². The van der Waals surface area contributed by atoms with Gasteiger partial charge in [-0.15, -0.1) is 0 Å². The predicted octanol–water partition coefficient (Wildman–Crippen LogP) is 1.91. The van der Waals surface area contributed by atoms with Crippen LogP contribution in [0.3, 0.4) is 0 Å². The number of carbonyl (C=O) groups is 1. The Morgan fingerprint density at radius 3 is 2.74 bits per heavy atom. The number of nitrogens with one attached hydrogen (secondary N) is 1. The molecule has 0 aliphatic heterocycles. The van der Waals surface area contributed by atoms with Crippen LogP contribution in [0.5, 0.6) is 0 Å². The van der Waals surface area contributed by atoms with E-state index in [4.69, 9.17) is 0 Å². The van der Waals surface area contributed by atoms with Gasteiger partial charge in [-0.05, 0) is 29.8 Å². The molecule has 1 heterocycles. The summed E-state index contributed by atoms with van der Waals surface area (Å²) >= 11 is 0. The fourth-order valence-electron chi connectivity index (χ4n) is 1.45. The molecule has 1 aromatic carbocycles. The number of aromatic nitrogens is 1. The van der Waals surface area contributed by atoms with E-state index in [0.29, 0.717) is 5.69 Å². The van der Waals surface area contributed by atoms with Gasteiger partial charge in [-0.1, -0.05) is 18.2 Å². The summed E-state index contributed by atoms with van der Waals surface area (Å²) in [5, 5.41) is 3.79. The van der Waals surface area contributed by atoms with Gasteiger partial charge in [-0.25, -0.2) is 9.82 Å². The van der Waals surface area contributed by atoms with Crippen LogP contribution in [0.15, 0.2) is 53.8 Å². The number of benzene rings is 1. The van der Waals surface area contributed by atoms with Gasteiger partial charge in [0.15, 0.2) is 0 Å². The summed E-state index contributed by atoms with van der Waals surface area (Å²) in [6, 6.07) is 11.2. The highest BCUT2D eigenvalue weighted by Crippen LogP contribution is 2.03. The molecular weight excluding hydrogens is 245 g/mol. The summed E-state index contributed by atoms with van der Waals surface area (Å²) in [5.74, 6) is -0.587. The van der Waals surface area contributed by atoms with E-state index in [1.165, 1.54) is 18.3 Å². The lowest BCUT2D eigenvalue weighted by Crippen LogP contribution is -2.19. The van der Waals surface area contributed by atoms with Crippen molar-refractivity contribution in [1.82, 2.24) is 10.4 Å². The first-order valence-electron chi connectivity index (χ1n) is 5.71. The van der Waals surface area contributed by atoms with Crippen LogP contribution in [0.2, 0.25) is 0 Å². The maximum absolute atomic E-state index is 12.7. The standard InChI is InChI=1S/C14H12FN3O/c15-12-6-4-11(5-7-12)9-14(19)18-17-10-13-3-1-2-8-16-13/h1-8,10H,9H2,(H,18,19)/b17-10-. The van der Waals surface area contributed by atoms with E-state index in [1.54, 1.807) is 30.5 Å². The molecule has 0 saturated carbocycles. The second-order valence-corrected chi connectivity index (χ2v) is 3.85. The first kappa shape index (κ1) is 12.9. The number of rotatable bonds is 4. The van der Waals surface area contributed by atoms with Gasteiger partial charge in [0.05, 0.1) is 18.3 Å². The van der Waals surface area contributed by atoms with Crippen LogP contribution < -0.4 is 5.43 Å². The smallest absolute Gasteiger partial charge is 0.244 e. The van der Waals surface area contributed by atoms with Gasteiger partial charge in [0.2, 0.25) is 5.91 Å². The molecule has 1 aromatic heterocycles. The lowest BCUT2D eigenvalue weighted by atomic mass is 10.1. The van der Waals surface area contributed by atoms with Crippen LogP contribution >= 0.6 is 0 Å². The summed E-state index contributed by atoms with van der Waals surface area (Å²) in [7, 11) is 0. The molecule has 1 amide bonds. The van der Waals surface area contributed by atoms with Crippen molar-refractivity contribution in [2.45, 2.75) is 6.42 Å².